The van der Waals surface area contributed by atoms with Gasteiger partial charge < -0.3 is 14.7 Å². The number of amides is 1. The molecule has 1 atom stereocenters. The number of carbonyl (C=O) groups is 2. The van der Waals surface area contributed by atoms with Crippen molar-refractivity contribution in [2.45, 2.75) is 38.7 Å². The Kier molecular flexibility index (Phi) is 4.51. The molecule has 1 saturated heterocycles. The number of carbonyl (C=O) groups excluding carboxylic acids is 1. The van der Waals surface area contributed by atoms with Crippen molar-refractivity contribution in [1.29, 1.82) is 0 Å². The molecule has 0 radical (unpaired) electrons. The molecule has 0 aromatic carbocycles. The Morgan fingerprint density at radius 2 is 2.12 bits per heavy atom. The fourth-order valence-corrected chi connectivity index (χ4v) is 1.95. The minimum atomic E-state index is -0.812. The highest BCUT2D eigenvalue weighted by Crippen LogP contribution is 2.20. The number of likely N-dealkylation sites (tertiary alicyclic amines) is 1. The number of rotatable bonds is 4. The van der Waals surface area contributed by atoms with Gasteiger partial charge in [-0.1, -0.05) is 0 Å². The minimum absolute atomic E-state index is 0.0252. The van der Waals surface area contributed by atoms with Crippen LogP contribution in [0.3, 0.4) is 0 Å². The number of piperidine rings is 1. The van der Waals surface area contributed by atoms with E-state index in [0.717, 1.165) is 6.42 Å². The van der Waals surface area contributed by atoms with Gasteiger partial charge in [0.25, 0.3) is 0 Å². The largest absolute Gasteiger partial charge is 0.481 e. The topological polar surface area (TPSA) is 66.8 Å². The molecule has 1 N–H and O–H groups in total. The smallest absolute Gasteiger partial charge is 0.308 e. The molecule has 0 saturated carbocycles. The molecule has 1 fully saturated rings. The van der Waals surface area contributed by atoms with E-state index in [1.54, 1.807) is 12.0 Å². The van der Waals surface area contributed by atoms with Gasteiger partial charge in [0.15, 0.2) is 0 Å². The van der Waals surface area contributed by atoms with Crippen molar-refractivity contribution in [2.75, 3.05) is 20.2 Å². The van der Waals surface area contributed by atoms with E-state index in [1.807, 2.05) is 13.8 Å². The van der Waals surface area contributed by atoms with E-state index in [1.165, 1.54) is 0 Å². The Labute approximate surface area is 102 Å². The maximum atomic E-state index is 12.0. The molecule has 0 aromatic heterocycles. The van der Waals surface area contributed by atoms with Crippen molar-refractivity contribution in [2.24, 2.45) is 5.92 Å². The van der Waals surface area contributed by atoms with Crippen LogP contribution in [0.2, 0.25) is 0 Å². The van der Waals surface area contributed by atoms with Crippen LogP contribution in [0.1, 0.15) is 33.1 Å². The molecule has 98 valence electrons. The predicted molar refractivity (Wildman–Crippen MR) is 62.6 cm³/mol. The highest BCUT2D eigenvalue weighted by Gasteiger charge is 2.30. The number of carboxylic acid groups (broad SMARTS) is 1. The summed E-state index contributed by atoms with van der Waals surface area (Å²) in [7, 11) is 1.57. The second kappa shape index (κ2) is 5.49. The van der Waals surface area contributed by atoms with Gasteiger partial charge in [-0.3, -0.25) is 9.59 Å². The van der Waals surface area contributed by atoms with Crippen LogP contribution in [-0.2, 0) is 14.3 Å². The normalized spacial score (nSPS) is 21.4. The fraction of sp³-hybridized carbons (Fsp3) is 0.833. The molecule has 1 amide bonds. The Balaban J connectivity index is 2.55. The third-order valence-corrected chi connectivity index (χ3v) is 3.25. The summed E-state index contributed by atoms with van der Waals surface area (Å²) < 4.78 is 5.21. The van der Waals surface area contributed by atoms with Gasteiger partial charge in [0.05, 0.1) is 17.9 Å². The number of methoxy groups -OCH3 is 1. The van der Waals surface area contributed by atoms with Crippen LogP contribution in [0.4, 0.5) is 0 Å². The summed E-state index contributed by atoms with van der Waals surface area (Å²) in [4.78, 5) is 24.5. The van der Waals surface area contributed by atoms with E-state index >= 15 is 0 Å². The number of ether oxygens (including phenoxy) is 1. The van der Waals surface area contributed by atoms with Crippen molar-refractivity contribution in [1.82, 2.24) is 4.90 Å². The monoisotopic (exact) mass is 243 g/mol. The van der Waals surface area contributed by atoms with Crippen molar-refractivity contribution < 1.29 is 19.4 Å². The van der Waals surface area contributed by atoms with Gasteiger partial charge in [0.1, 0.15) is 0 Å². The van der Waals surface area contributed by atoms with Gasteiger partial charge in [0, 0.05) is 20.2 Å². The van der Waals surface area contributed by atoms with E-state index in [0.29, 0.717) is 19.5 Å². The molecule has 5 heteroatoms. The SMILES string of the molecule is COC(C)(C)CC(=O)N1CCC[C@@H](C(=O)O)C1. The quantitative estimate of drug-likeness (QED) is 0.803. The third kappa shape index (κ3) is 4.00. The third-order valence-electron chi connectivity index (χ3n) is 3.25. The van der Waals surface area contributed by atoms with Crippen LogP contribution >= 0.6 is 0 Å². The summed E-state index contributed by atoms with van der Waals surface area (Å²) in [6, 6.07) is 0. The first-order chi connectivity index (χ1) is 7.85. The zero-order valence-electron chi connectivity index (χ0n) is 10.7. The van der Waals surface area contributed by atoms with Gasteiger partial charge >= 0.3 is 5.97 Å². The first kappa shape index (κ1) is 14.0. The van der Waals surface area contributed by atoms with E-state index in [2.05, 4.69) is 0 Å². The lowest BCUT2D eigenvalue weighted by Gasteiger charge is -2.33. The van der Waals surface area contributed by atoms with Crippen LogP contribution in [0, 0.1) is 5.92 Å². The number of carboxylic acids is 1. The number of hydrogen-bond donors (Lipinski definition) is 1. The Morgan fingerprint density at radius 3 is 2.65 bits per heavy atom. The maximum absolute atomic E-state index is 12.0. The molecule has 17 heavy (non-hydrogen) atoms. The van der Waals surface area contributed by atoms with Gasteiger partial charge in [-0.05, 0) is 26.7 Å². The molecule has 0 spiro atoms. The summed E-state index contributed by atoms with van der Waals surface area (Å²) >= 11 is 0. The fourth-order valence-electron chi connectivity index (χ4n) is 1.95. The molecular weight excluding hydrogens is 222 g/mol. The molecule has 0 aliphatic carbocycles. The molecule has 0 aromatic rings. The zero-order valence-corrected chi connectivity index (χ0v) is 10.7. The molecule has 5 nitrogen and oxygen atoms in total. The van der Waals surface area contributed by atoms with Crippen LogP contribution in [-0.4, -0.2) is 47.7 Å². The molecule has 0 bridgehead atoms. The highest BCUT2D eigenvalue weighted by molar-refractivity contribution is 5.78. The lowest BCUT2D eigenvalue weighted by Crippen LogP contribution is -2.44. The molecule has 1 aliphatic rings. The Bertz CT molecular complexity index is 301. The standard InChI is InChI=1S/C12H21NO4/c1-12(2,17-3)7-10(14)13-6-4-5-9(8-13)11(15)16/h9H,4-8H2,1-3H3,(H,15,16)/t9-/m1/s1. The van der Waals surface area contributed by atoms with Crippen LogP contribution < -0.4 is 0 Å². The van der Waals surface area contributed by atoms with Gasteiger partial charge in [-0.15, -0.1) is 0 Å². The van der Waals surface area contributed by atoms with Crippen molar-refractivity contribution in [3.05, 3.63) is 0 Å². The van der Waals surface area contributed by atoms with Crippen molar-refractivity contribution in [3.63, 3.8) is 0 Å². The Hall–Kier alpha value is -1.10. The lowest BCUT2D eigenvalue weighted by atomic mass is 9.96. The van der Waals surface area contributed by atoms with Crippen molar-refractivity contribution in [3.8, 4) is 0 Å². The predicted octanol–water partition coefficient (Wildman–Crippen LogP) is 1.12. The summed E-state index contributed by atoms with van der Waals surface area (Å²) in [5, 5.41) is 8.95. The first-order valence-corrected chi connectivity index (χ1v) is 5.91. The van der Waals surface area contributed by atoms with E-state index in [9.17, 15) is 9.59 Å². The Morgan fingerprint density at radius 1 is 1.47 bits per heavy atom. The minimum Gasteiger partial charge on any atom is -0.481 e. The molecular formula is C12H21NO4. The molecule has 1 rings (SSSR count). The average Bonchev–Trinajstić information content (AvgIpc) is 2.28. The molecule has 1 aliphatic heterocycles. The second-order valence-corrected chi connectivity index (χ2v) is 5.16. The summed E-state index contributed by atoms with van der Waals surface area (Å²) in [5.41, 5.74) is -0.493. The van der Waals surface area contributed by atoms with Crippen molar-refractivity contribution >= 4 is 11.9 Å². The van der Waals surface area contributed by atoms with Crippen LogP contribution in [0.25, 0.3) is 0 Å². The van der Waals surface area contributed by atoms with Gasteiger partial charge in [-0.2, -0.15) is 0 Å². The average molecular weight is 243 g/mol. The van der Waals surface area contributed by atoms with E-state index < -0.39 is 17.5 Å². The maximum Gasteiger partial charge on any atom is 0.308 e. The highest BCUT2D eigenvalue weighted by atomic mass is 16.5. The number of nitrogens with zero attached hydrogens (tertiary/aromatic N) is 1. The molecule has 1 heterocycles. The van der Waals surface area contributed by atoms with Crippen LogP contribution in [0.5, 0.6) is 0 Å². The van der Waals surface area contributed by atoms with E-state index in [-0.39, 0.29) is 12.3 Å². The molecule has 0 unspecified atom stereocenters. The summed E-state index contributed by atoms with van der Waals surface area (Å²) in [6.07, 6.45) is 1.71. The first-order valence-electron chi connectivity index (χ1n) is 5.91. The zero-order chi connectivity index (χ0) is 13.1. The summed E-state index contributed by atoms with van der Waals surface area (Å²) in [5.74, 6) is -1.25. The lowest BCUT2D eigenvalue weighted by molar-refractivity contribution is -0.146. The van der Waals surface area contributed by atoms with E-state index in [4.69, 9.17) is 9.84 Å². The summed E-state index contributed by atoms with van der Waals surface area (Å²) in [6.45, 7) is 4.68. The number of aliphatic carboxylic acids is 1. The van der Waals surface area contributed by atoms with Crippen LogP contribution in [0.15, 0.2) is 0 Å². The second-order valence-electron chi connectivity index (χ2n) is 5.16. The van der Waals surface area contributed by atoms with Gasteiger partial charge in [0.2, 0.25) is 5.91 Å². The van der Waals surface area contributed by atoms with Gasteiger partial charge in [-0.25, -0.2) is 0 Å². The number of hydrogen-bond acceptors (Lipinski definition) is 3.